The maximum Gasteiger partial charge on any atom is 0.101 e. The molecule has 18 heavy (non-hydrogen) atoms. The molecule has 0 bridgehead atoms. The lowest BCUT2D eigenvalue weighted by Gasteiger charge is -2.14. The van der Waals surface area contributed by atoms with E-state index in [0.29, 0.717) is 12.1 Å². The lowest BCUT2D eigenvalue weighted by atomic mass is 10.1. The van der Waals surface area contributed by atoms with Crippen LogP contribution in [-0.4, -0.2) is 11.7 Å². The molecule has 1 atom stereocenters. The summed E-state index contributed by atoms with van der Waals surface area (Å²) >= 11 is 1.56. The average molecular weight is 258 g/mol. The van der Waals surface area contributed by atoms with E-state index in [1.165, 1.54) is 0 Å². The fourth-order valence-electron chi connectivity index (χ4n) is 1.78. The second-order valence-corrected chi connectivity index (χ2v) is 4.84. The summed E-state index contributed by atoms with van der Waals surface area (Å²) in [5.41, 5.74) is 3.31. The fourth-order valence-corrected chi connectivity index (χ4v) is 2.48. The van der Waals surface area contributed by atoms with Crippen LogP contribution in [0.4, 0.5) is 5.69 Å². The molecule has 1 unspecified atom stereocenters. The topological polar surface area (TPSA) is 56.0 Å². The molecule has 2 N–H and O–H groups in total. The first-order chi connectivity index (χ1) is 8.72. The van der Waals surface area contributed by atoms with Gasteiger partial charge in [-0.15, -0.1) is 0 Å². The van der Waals surface area contributed by atoms with Crippen molar-refractivity contribution in [3.63, 3.8) is 0 Å². The number of aliphatic hydroxyl groups is 1. The molecule has 92 valence electrons. The molecule has 1 aromatic heterocycles. The molecule has 0 radical (unpaired) electrons. The number of rotatable bonds is 4. The van der Waals surface area contributed by atoms with Gasteiger partial charge in [0.1, 0.15) is 6.07 Å². The molecule has 1 heterocycles. The van der Waals surface area contributed by atoms with Gasteiger partial charge in [0.05, 0.1) is 17.4 Å². The smallest absolute Gasteiger partial charge is 0.101 e. The Kier molecular flexibility index (Phi) is 3.98. The summed E-state index contributed by atoms with van der Waals surface area (Å²) in [5.74, 6) is 0. The van der Waals surface area contributed by atoms with Gasteiger partial charge in [0.15, 0.2) is 0 Å². The van der Waals surface area contributed by atoms with Crippen LogP contribution in [0, 0.1) is 18.3 Å². The van der Waals surface area contributed by atoms with Crippen molar-refractivity contribution < 1.29 is 5.11 Å². The van der Waals surface area contributed by atoms with E-state index in [1.807, 2.05) is 35.9 Å². The molecule has 0 amide bonds. The zero-order valence-corrected chi connectivity index (χ0v) is 10.9. The van der Waals surface area contributed by atoms with Crippen molar-refractivity contribution in [3.8, 4) is 6.07 Å². The highest BCUT2D eigenvalue weighted by Crippen LogP contribution is 2.22. The van der Waals surface area contributed by atoms with E-state index in [0.717, 1.165) is 16.8 Å². The maximum absolute atomic E-state index is 9.99. The highest BCUT2D eigenvalue weighted by Gasteiger charge is 2.10. The van der Waals surface area contributed by atoms with Crippen LogP contribution in [0.2, 0.25) is 0 Å². The molecule has 0 spiro atoms. The monoisotopic (exact) mass is 258 g/mol. The number of anilines is 1. The van der Waals surface area contributed by atoms with Gasteiger partial charge >= 0.3 is 0 Å². The molecular formula is C14H14N2OS. The van der Waals surface area contributed by atoms with E-state index in [-0.39, 0.29) is 0 Å². The van der Waals surface area contributed by atoms with Gasteiger partial charge in [-0.1, -0.05) is 12.1 Å². The Labute approximate surface area is 110 Å². The van der Waals surface area contributed by atoms with E-state index in [4.69, 9.17) is 5.26 Å². The van der Waals surface area contributed by atoms with Crippen LogP contribution in [0.15, 0.2) is 35.0 Å². The lowest BCUT2D eigenvalue weighted by molar-refractivity contribution is 0.192. The molecule has 1 aromatic carbocycles. The number of aryl methyl sites for hydroxylation is 1. The molecule has 2 aromatic rings. The molecule has 0 aliphatic rings. The summed E-state index contributed by atoms with van der Waals surface area (Å²) in [7, 11) is 0. The Balaban J connectivity index is 2.09. The second-order valence-electron chi connectivity index (χ2n) is 4.06. The van der Waals surface area contributed by atoms with E-state index < -0.39 is 6.10 Å². The lowest BCUT2D eigenvalue weighted by Crippen LogP contribution is -2.13. The first-order valence-corrected chi connectivity index (χ1v) is 6.60. The van der Waals surface area contributed by atoms with Gasteiger partial charge in [-0.2, -0.15) is 16.6 Å². The molecule has 0 saturated carbocycles. The molecule has 3 nitrogen and oxygen atoms in total. The van der Waals surface area contributed by atoms with E-state index in [9.17, 15) is 5.11 Å². The van der Waals surface area contributed by atoms with Crippen molar-refractivity contribution in [2.75, 3.05) is 11.9 Å². The standard InChI is InChI=1S/C14H14N2OS/c1-10-3-2-4-11(7-15)14(10)16-8-13(17)12-5-6-18-9-12/h2-6,9,13,16-17H,8H2,1H3. The fraction of sp³-hybridized carbons (Fsp3) is 0.214. The van der Waals surface area contributed by atoms with Crippen molar-refractivity contribution in [1.29, 1.82) is 5.26 Å². The van der Waals surface area contributed by atoms with E-state index >= 15 is 0 Å². The first-order valence-electron chi connectivity index (χ1n) is 5.66. The van der Waals surface area contributed by atoms with Crippen molar-refractivity contribution in [2.24, 2.45) is 0 Å². The number of thiophene rings is 1. The Morgan fingerprint density at radius 1 is 1.44 bits per heavy atom. The number of nitrogens with one attached hydrogen (secondary N) is 1. The van der Waals surface area contributed by atoms with Gasteiger partial charge in [-0.3, -0.25) is 0 Å². The highest BCUT2D eigenvalue weighted by molar-refractivity contribution is 7.07. The largest absolute Gasteiger partial charge is 0.387 e. The zero-order chi connectivity index (χ0) is 13.0. The molecule has 0 saturated heterocycles. The predicted molar refractivity (Wildman–Crippen MR) is 73.7 cm³/mol. The van der Waals surface area contributed by atoms with E-state index in [1.54, 1.807) is 17.4 Å². The molecule has 4 heteroatoms. The van der Waals surface area contributed by atoms with Crippen molar-refractivity contribution in [3.05, 3.63) is 51.7 Å². The summed E-state index contributed by atoms with van der Waals surface area (Å²) in [6, 6.07) is 9.63. The zero-order valence-electron chi connectivity index (χ0n) is 10.1. The maximum atomic E-state index is 9.99. The van der Waals surface area contributed by atoms with Gasteiger partial charge in [0.2, 0.25) is 0 Å². The van der Waals surface area contributed by atoms with Crippen LogP contribution in [0.1, 0.15) is 22.8 Å². The number of benzene rings is 1. The molecule has 0 fully saturated rings. The van der Waals surface area contributed by atoms with Crippen molar-refractivity contribution in [2.45, 2.75) is 13.0 Å². The minimum Gasteiger partial charge on any atom is -0.387 e. The quantitative estimate of drug-likeness (QED) is 0.886. The normalized spacial score (nSPS) is 11.8. The van der Waals surface area contributed by atoms with Crippen LogP contribution in [-0.2, 0) is 0 Å². The van der Waals surface area contributed by atoms with Crippen molar-refractivity contribution >= 4 is 17.0 Å². The van der Waals surface area contributed by atoms with Crippen LogP contribution >= 0.6 is 11.3 Å². The molecular weight excluding hydrogens is 244 g/mol. The third kappa shape index (κ3) is 2.70. The van der Waals surface area contributed by atoms with Gasteiger partial charge in [-0.05, 0) is 40.9 Å². The first kappa shape index (κ1) is 12.6. The number of nitriles is 1. The van der Waals surface area contributed by atoms with Gasteiger partial charge in [0.25, 0.3) is 0 Å². The minimum atomic E-state index is -0.553. The summed E-state index contributed by atoms with van der Waals surface area (Å²) in [4.78, 5) is 0. The van der Waals surface area contributed by atoms with Crippen LogP contribution in [0.25, 0.3) is 0 Å². The third-order valence-corrected chi connectivity index (χ3v) is 3.49. The highest BCUT2D eigenvalue weighted by atomic mass is 32.1. The Hall–Kier alpha value is -1.83. The summed E-state index contributed by atoms with van der Waals surface area (Å²) < 4.78 is 0. The van der Waals surface area contributed by atoms with Crippen LogP contribution in [0.5, 0.6) is 0 Å². The Bertz CT molecular complexity index is 558. The Morgan fingerprint density at radius 2 is 2.28 bits per heavy atom. The number of aliphatic hydroxyl groups excluding tert-OH is 1. The average Bonchev–Trinajstić information content (AvgIpc) is 2.90. The number of hydrogen-bond acceptors (Lipinski definition) is 4. The molecule has 0 aliphatic heterocycles. The Morgan fingerprint density at radius 3 is 2.94 bits per heavy atom. The van der Waals surface area contributed by atoms with Gasteiger partial charge in [0, 0.05) is 6.54 Å². The summed E-state index contributed by atoms with van der Waals surface area (Å²) in [5, 5.41) is 26.0. The third-order valence-electron chi connectivity index (χ3n) is 2.79. The minimum absolute atomic E-state index is 0.399. The number of hydrogen-bond donors (Lipinski definition) is 2. The SMILES string of the molecule is Cc1cccc(C#N)c1NCC(O)c1ccsc1. The molecule has 2 rings (SSSR count). The summed E-state index contributed by atoms with van der Waals surface area (Å²) in [6.45, 7) is 2.34. The van der Waals surface area contributed by atoms with E-state index in [2.05, 4.69) is 11.4 Å². The van der Waals surface area contributed by atoms with Gasteiger partial charge in [-0.25, -0.2) is 0 Å². The summed E-state index contributed by atoms with van der Waals surface area (Å²) in [6.07, 6.45) is -0.553. The molecule has 0 aliphatic carbocycles. The van der Waals surface area contributed by atoms with Crippen LogP contribution < -0.4 is 5.32 Å². The predicted octanol–water partition coefficient (Wildman–Crippen LogP) is 3.07. The second kappa shape index (κ2) is 5.67. The van der Waals surface area contributed by atoms with Crippen LogP contribution in [0.3, 0.4) is 0 Å². The number of nitrogens with zero attached hydrogens (tertiary/aromatic N) is 1. The number of para-hydroxylation sites is 1. The van der Waals surface area contributed by atoms with Crippen molar-refractivity contribution in [1.82, 2.24) is 0 Å². The van der Waals surface area contributed by atoms with Gasteiger partial charge < -0.3 is 10.4 Å².